The molecule has 0 aliphatic carbocycles. The predicted molar refractivity (Wildman–Crippen MR) is 64.5 cm³/mol. The van der Waals surface area contributed by atoms with E-state index >= 15 is 0 Å². The summed E-state index contributed by atoms with van der Waals surface area (Å²) < 4.78 is 0. The maximum atomic E-state index is 12.1. The lowest BCUT2D eigenvalue weighted by Crippen LogP contribution is -2.56. The number of carbonyl (C=O) groups excluding carboxylic acids is 2. The van der Waals surface area contributed by atoms with Gasteiger partial charge in [0.15, 0.2) is 0 Å². The molecule has 0 bridgehead atoms. The van der Waals surface area contributed by atoms with Crippen molar-refractivity contribution in [2.24, 2.45) is 5.92 Å². The van der Waals surface area contributed by atoms with Gasteiger partial charge in [-0.25, -0.2) is 4.79 Å². The summed E-state index contributed by atoms with van der Waals surface area (Å²) in [5, 5.41) is 5.81. The molecule has 2 N–H and O–H groups in total. The third-order valence-electron chi connectivity index (χ3n) is 3.34. The molecular formula is C12H21N3O2. The molecule has 5 nitrogen and oxygen atoms in total. The molecule has 2 aliphatic heterocycles. The minimum absolute atomic E-state index is 0.00512. The Morgan fingerprint density at radius 2 is 2.18 bits per heavy atom. The third-order valence-corrected chi connectivity index (χ3v) is 3.34. The number of hydrogen-bond donors (Lipinski definition) is 2. The van der Waals surface area contributed by atoms with Crippen LogP contribution in [0.1, 0.15) is 33.6 Å². The number of fused-ring (bicyclic) bond motifs is 1. The topological polar surface area (TPSA) is 61.4 Å². The Hall–Kier alpha value is -1.26. The highest BCUT2D eigenvalue weighted by molar-refractivity contribution is 5.84. The number of rotatable bonds is 0. The summed E-state index contributed by atoms with van der Waals surface area (Å²) in [6, 6.07) is -0.0118. The van der Waals surface area contributed by atoms with Crippen LogP contribution in [0.25, 0.3) is 0 Å². The number of amides is 3. The lowest BCUT2D eigenvalue weighted by atomic mass is 9.92. The van der Waals surface area contributed by atoms with E-state index in [0.29, 0.717) is 6.54 Å². The van der Waals surface area contributed by atoms with Crippen molar-refractivity contribution in [3.63, 3.8) is 0 Å². The second-order valence-corrected chi connectivity index (χ2v) is 5.93. The van der Waals surface area contributed by atoms with Crippen molar-refractivity contribution >= 4 is 11.9 Å². The molecule has 2 heterocycles. The predicted octanol–water partition coefficient (Wildman–Crippen LogP) is 0.705. The van der Waals surface area contributed by atoms with Crippen LogP contribution in [0, 0.1) is 5.92 Å². The highest BCUT2D eigenvalue weighted by atomic mass is 16.2. The molecule has 2 unspecified atom stereocenters. The Bertz CT molecular complexity index is 335. The van der Waals surface area contributed by atoms with E-state index in [2.05, 4.69) is 10.6 Å². The zero-order chi connectivity index (χ0) is 12.6. The van der Waals surface area contributed by atoms with Gasteiger partial charge in [0.2, 0.25) is 5.91 Å². The molecule has 0 radical (unpaired) electrons. The Kier molecular flexibility index (Phi) is 3.02. The molecule has 3 amide bonds. The van der Waals surface area contributed by atoms with Gasteiger partial charge in [-0.05, 0) is 33.6 Å². The number of nitrogens with one attached hydrogen (secondary N) is 2. The molecule has 2 atom stereocenters. The molecular weight excluding hydrogens is 218 g/mol. The molecule has 2 rings (SSSR count). The number of piperidine rings is 1. The smallest absolute Gasteiger partial charge is 0.318 e. The molecule has 17 heavy (non-hydrogen) atoms. The van der Waals surface area contributed by atoms with Crippen LogP contribution in [-0.4, -0.2) is 41.5 Å². The molecule has 0 aromatic carbocycles. The largest absolute Gasteiger partial charge is 0.354 e. The molecule has 96 valence electrons. The number of nitrogens with zero attached hydrogens (tertiary/aromatic N) is 1. The maximum Gasteiger partial charge on any atom is 0.318 e. The summed E-state index contributed by atoms with van der Waals surface area (Å²) >= 11 is 0. The molecule has 0 aromatic rings. The fraction of sp³-hybridized carbons (Fsp3) is 0.833. The molecule has 5 heteroatoms. The Morgan fingerprint density at radius 3 is 2.82 bits per heavy atom. The van der Waals surface area contributed by atoms with E-state index < -0.39 is 0 Å². The van der Waals surface area contributed by atoms with Crippen LogP contribution >= 0.6 is 0 Å². The monoisotopic (exact) mass is 239 g/mol. The average molecular weight is 239 g/mol. The van der Waals surface area contributed by atoms with Crippen LogP contribution < -0.4 is 10.6 Å². The van der Waals surface area contributed by atoms with Gasteiger partial charge in [0.25, 0.3) is 0 Å². The van der Waals surface area contributed by atoms with E-state index in [-0.39, 0.29) is 29.4 Å². The first-order chi connectivity index (χ1) is 7.88. The third kappa shape index (κ3) is 2.53. The summed E-state index contributed by atoms with van der Waals surface area (Å²) in [6.45, 7) is 7.23. The molecule has 0 spiro atoms. The highest BCUT2D eigenvalue weighted by Gasteiger charge is 2.42. The summed E-state index contributed by atoms with van der Waals surface area (Å²) in [5.74, 6) is 0.0951. The van der Waals surface area contributed by atoms with Crippen LogP contribution in [0.3, 0.4) is 0 Å². The minimum atomic E-state index is -0.236. The Morgan fingerprint density at radius 1 is 1.47 bits per heavy atom. The zero-order valence-electron chi connectivity index (χ0n) is 10.7. The van der Waals surface area contributed by atoms with E-state index in [1.807, 2.05) is 25.7 Å². The van der Waals surface area contributed by atoms with E-state index in [9.17, 15) is 9.59 Å². The highest BCUT2D eigenvalue weighted by Crippen LogP contribution is 2.27. The van der Waals surface area contributed by atoms with Gasteiger partial charge in [-0.15, -0.1) is 0 Å². The number of urea groups is 1. The van der Waals surface area contributed by atoms with Crippen molar-refractivity contribution < 1.29 is 9.59 Å². The fourth-order valence-corrected chi connectivity index (χ4v) is 2.60. The lowest BCUT2D eigenvalue weighted by molar-refractivity contribution is -0.123. The molecule has 2 saturated heterocycles. The first kappa shape index (κ1) is 12.2. The summed E-state index contributed by atoms with van der Waals surface area (Å²) in [6.07, 6.45) is 1.81. The van der Waals surface area contributed by atoms with E-state index in [1.165, 1.54) is 0 Å². The van der Waals surface area contributed by atoms with Crippen molar-refractivity contribution in [3.8, 4) is 0 Å². The van der Waals surface area contributed by atoms with Crippen LogP contribution in [0.15, 0.2) is 0 Å². The van der Waals surface area contributed by atoms with Crippen molar-refractivity contribution in [2.45, 2.75) is 45.2 Å². The lowest BCUT2D eigenvalue weighted by Gasteiger charge is -2.37. The van der Waals surface area contributed by atoms with Crippen molar-refractivity contribution in [1.82, 2.24) is 15.5 Å². The SMILES string of the molecule is CC(C)(C)NC(=O)N1CCCC2C(=O)NCC21. The van der Waals surface area contributed by atoms with Gasteiger partial charge in [-0.2, -0.15) is 0 Å². The van der Waals surface area contributed by atoms with Crippen molar-refractivity contribution in [1.29, 1.82) is 0 Å². The summed E-state index contributed by atoms with van der Waals surface area (Å²) in [4.78, 5) is 25.5. The molecule has 2 fully saturated rings. The van der Waals surface area contributed by atoms with Crippen molar-refractivity contribution in [3.05, 3.63) is 0 Å². The zero-order valence-corrected chi connectivity index (χ0v) is 10.7. The quantitative estimate of drug-likeness (QED) is 0.654. The Balaban J connectivity index is 2.05. The van der Waals surface area contributed by atoms with Gasteiger partial charge < -0.3 is 15.5 Å². The molecule has 2 aliphatic rings. The van der Waals surface area contributed by atoms with Gasteiger partial charge in [-0.3, -0.25) is 4.79 Å². The van der Waals surface area contributed by atoms with Gasteiger partial charge in [0.1, 0.15) is 0 Å². The van der Waals surface area contributed by atoms with E-state index in [0.717, 1.165) is 19.4 Å². The van der Waals surface area contributed by atoms with Gasteiger partial charge in [0, 0.05) is 18.6 Å². The number of hydrogen-bond acceptors (Lipinski definition) is 2. The normalized spacial score (nSPS) is 28.6. The van der Waals surface area contributed by atoms with Crippen LogP contribution in [0.4, 0.5) is 4.79 Å². The molecule has 0 aromatic heterocycles. The average Bonchev–Trinajstić information content (AvgIpc) is 2.58. The second-order valence-electron chi connectivity index (χ2n) is 5.93. The summed E-state index contributed by atoms with van der Waals surface area (Å²) in [7, 11) is 0. The van der Waals surface area contributed by atoms with Crippen LogP contribution in [0.5, 0.6) is 0 Å². The standard InChI is InChI=1S/C12H21N3O2/c1-12(2,3)14-11(17)15-6-4-5-8-9(15)7-13-10(8)16/h8-9H,4-7H2,1-3H3,(H,13,16)(H,14,17). The maximum absolute atomic E-state index is 12.1. The van der Waals surface area contributed by atoms with Crippen LogP contribution in [-0.2, 0) is 4.79 Å². The van der Waals surface area contributed by atoms with Gasteiger partial charge >= 0.3 is 6.03 Å². The molecule has 0 saturated carbocycles. The van der Waals surface area contributed by atoms with Crippen LogP contribution in [0.2, 0.25) is 0 Å². The van der Waals surface area contributed by atoms with Gasteiger partial charge in [0.05, 0.1) is 12.0 Å². The second kappa shape index (κ2) is 4.20. The number of likely N-dealkylation sites (tertiary alicyclic amines) is 1. The summed E-state index contributed by atoms with van der Waals surface area (Å²) in [5.41, 5.74) is -0.236. The van der Waals surface area contributed by atoms with E-state index in [1.54, 1.807) is 0 Å². The fourth-order valence-electron chi connectivity index (χ4n) is 2.60. The van der Waals surface area contributed by atoms with E-state index in [4.69, 9.17) is 0 Å². The first-order valence-corrected chi connectivity index (χ1v) is 6.25. The minimum Gasteiger partial charge on any atom is -0.354 e. The Labute approximate surface area is 102 Å². The van der Waals surface area contributed by atoms with Crippen molar-refractivity contribution in [2.75, 3.05) is 13.1 Å². The first-order valence-electron chi connectivity index (χ1n) is 6.25. The van der Waals surface area contributed by atoms with Gasteiger partial charge in [-0.1, -0.05) is 0 Å². The number of carbonyl (C=O) groups is 2.